The van der Waals surface area contributed by atoms with E-state index < -0.39 is 0 Å². The summed E-state index contributed by atoms with van der Waals surface area (Å²) in [5.74, 6) is 5.91. The lowest BCUT2D eigenvalue weighted by Gasteiger charge is -2.39. The Bertz CT molecular complexity index is 419. The minimum Gasteiger partial charge on any atom is -0.374 e. The summed E-state index contributed by atoms with van der Waals surface area (Å²) in [6.45, 7) is 7.03. The summed E-state index contributed by atoms with van der Waals surface area (Å²) in [6, 6.07) is 0.139. The van der Waals surface area contributed by atoms with Crippen LogP contribution in [-0.4, -0.2) is 23.2 Å². The maximum Gasteiger partial charge on any atom is 0.0948 e. The molecule has 1 saturated carbocycles. The van der Waals surface area contributed by atoms with Crippen LogP contribution in [0.4, 0.5) is 0 Å². The number of aromatic nitrogens is 1. The zero-order chi connectivity index (χ0) is 15.3. The zero-order valence-electron chi connectivity index (χ0n) is 13.6. The van der Waals surface area contributed by atoms with E-state index in [0.717, 1.165) is 36.6 Å². The lowest BCUT2D eigenvalue weighted by molar-refractivity contribution is -0.0768. The SMILES string of the molecule is CCOC1(C(Cc2nc(C)c(C)s2)NN)CCCCCC1. The molecule has 21 heavy (non-hydrogen) atoms. The number of nitrogens with zero attached hydrogens (tertiary/aromatic N) is 1. The lowest BCUT2D eigenvalue weighted by Crippen LogP contribution is -2.56. The number of nitrogens with two attached hydrogens (primary N) is 1. The van der Waals surface area contributed by atoms with Crippen LogP contribution in [-0.2, 0) is 11.2 Å². The average Bonchev–Trinajstić information content (AvgIpc) is 2.67. The monoisotopic (exact) mass is 311 g/mol. The van der Waals surface area contributed by atoms with Gasteiger partial charge in [-0.15, -0.1) is 11.3 Å². The average molecular weight is 311 g/mol. The van der Waals surface area contributed by atoms with Crippen molar-refractivity contribution >= 4 is 11.3 Å². The Labute approximate surface area is 132 Å². The van der Waals surface area contributed by atoms with E-state index in [9.17, 15) is 0 Å². The van der Waals surface area contributed by atoms with Crippen LogP contribution in [0.3, 0.4) is 0 Å². The van der Waals surface area contributed by atoms with Crippen molar-refractivity contribution in [3.05, 3.63) is 15.6 Å². The number of rotatable bonds is 6. The van der Waals surface area contributed by atoms with Crippen LogP contribution in [0.15, 0.2) is 0 Å². The first kappa shape index (κ1) is 16.9. The maximum atomic E-state index is 6.25. The quantitative estimate of drug-likeness (QED) is 0.481. The molecule has 4 nitrogen and oxygen atoms in total. The molecule has 0 radical (unpaired) electrons. The van der Waals surface area contributed by atoms with Gasteiger partial charge in [0.1, 0.15) is 0 Å². The molecule has 1 aliphatic carbocycles. The van der Waals surface area contributed by atoms with E-state index in [1.165, 1.54) is 30.6 Å². The van der Waals surface area contributed by atoms with Crippen molar-refractivity contribution in [3.8, 4) is 0 Å². The third kappa shape index (κ3) is 4.03. The summed E-state index contributed by atoms with van der Waals surface area (Å²) in [6.07, 6.45) is 8.12. The molecule has 2 rings (SSSR count). The number of aryl methyl sites for hydroxylation is 2. The first-order valence-electron chi connectivity index (χ1n) is 8.14. The van der Waals surface area contributed by atoms with Gasteiger partial charge in [0.2, 0.25) is 0 Å². The Kier molecular flexibility index (Phi) is 6.17. The van der Waals surface area contributed by atoms with Gasteiger partial charge in [0.05, 0.1) is 22.3 Å². The molecule has 3 N–H and O–H groups in total. The smallest absolute Gasteiger partial charge is 0.0948 e. The molecular formula is C16H29N3OS. The second-order valence-electron chi connectivity index (χ2n) is 6.08. The van der Waals surface area contributed by atoms with Gasteiger partial charge in [-0.2, -0.15) is 0 Å². The van der Waals surface area contributed by atoms with Crippen molar-refractivity contribution in [2.75, 3.05) is 6.61 Å². The van der Waals surface area contributed by atoms with Crippen LogP contribution in [0.5, 0.6) is 0 Å². The third-order valence-corrected chi connectivity index (χ3v) is 5.76. The zero-order valence-corrected chi connectivity index (χ0v) is 14.4. The molecule has 1 aromatic rings. The van der Waals surface area contributed by atoms with Crippen LogP contribution in [0.25, 0.3) is 0 Å². The molecule has 0 aromatic carbocycles. The van der Waals surface area contributed by atoms with Gasteiger partial charge in [-0.05, 0) is 33.6 Å². The highest BCUT2D eigenvalue weighted by Gasteiger charge is 2.39. The largest absolute Gasteiger partial charge is 0.374 e. The molecule has 1 heterocycles. The predicted octanol–water partition coefficient (Wildman–Crippen LogP) is 3.26. The number of ether oxygens (including phenoxy) is 1. The summed E-state index contributed by atoms with van der Waals surface area (Å²) < 4.78 is 6.25. The first-order valence-corrected chi connectivity index (χ1v) is 8.96. The Morgan fingerprint density at radius 3 is 2.43 bits per heavy atom. The van der Waals surface area contributed by atoms with E-state index in [1.54, 1.807) is 11.3 Å². The molecular weight excluding hydrogens is 282 g/mol. The molecule has 5 heteroatoms. The van der Waals surface area contributed by atoms with Crippen molar-refractivity contribution in [1.82, 2.24) is 10.4 Å². The van der Waals surface area contributed by atoms with Gasteiger partial charge in [0.25, 0.3) is 0 Å². The highest BCUT2D eigenvalue weighted by atomic mass is 32.1. The second-order valence-corrected chi connectivity index (χ2v) is 7.37. The summed E-state index contributed by atoms with van der Waals surface area (Å²) in [4.78, 5) is 5.97. The fourth-order valence-electron chi connectivity index (χ4n) is 3.41. The fourth-order valence-corrected chi connectivity index (χ4v) is 4.39. The second kappa shape index (κ2) is 7.68. The molecule has 0 spiro atoms. The van der Waals surface area contributed by atoms with Crippen LogP contribution in [0.1, 0.15) is 61.0 Å². The van der Waals surface area contributed by atoms with Gasteiger partial charge in [0, 0.05) is 17.9 Å². The molecule has 1 aromatic heterocycles. The van der Waals surface area contributed by atoms with E-state index in [4.69, 9.17) is 10.6 Å². The molecule has 0 amide bonds. The van der Waals surface area contributed by atoms with E-state index in [0.29, 0.717) is 0 Å². The van der Waals surface area contributed by atoms with E-state index in [2.05, 4.69) is 31.2 Å². The van der Waals surface area contributed by atoms with Crippen LogP contribution in [0, 0.1) is 13.8 Å². The molecule has 1 atom stereocenters. The number of nitrogens with one attached hydrogen (secondary N) is 1. The molecule has 0 aliphatic heterocycles. The highest BCUT2D eigenvalue weighted by molar-refractivity contribution is 7.11. The van der Waals surface area contributed by atoms with Crippen molar-refractivity contribution in [2.45, 2.75) is 77.4 Å². The Balaban J connectivity index is 2.18. The molecule has 1 fully saturated rings. The summed E-state index contributed by atoms with van der Waals surface area (Å²) in [5.41, 5.74) is 4.05. The lowest BCUT2D eigenvalue weighted by atomic mass is 9.84. The Morgan fingerprint density at radius 1 is 1.29 bits per heavy atom. The first-order chi connectivity index (χ1) is 10.1. The fraction of sp³-hybridized carbons (Fsp3) is 0.812. The van der Waals surface area contributed by atoms with Gasteiger partial charge in [-0.3, -0.25) is 11.3 Å². The third-order valence-electron chi connectivity index (χ3n) is 4.67. The number of hydrogen-bond donors (Lipinski definition) is 2. The molecule has 0 bridgehead atoms. The Morgan fingerprint density at radius 2 is 1.95 bits per heavy atom. The van der Waals surface area contributed by atoms with Gasteiger partial charge in [-0.25, -0.2) is 4.98 Å². The maximum absolute atomic E-state index is 6.25. The normalized spacial score (nSPS) is 20.2. The summed E-state index contributed by atoms with van der Waals surface area (Å²) in [7, 11) is 0. The van der Waals surface area contributed by atoms with Gasteiger partial charge in [0.15, 0.2) is 0 Å². The minimum absolute atomic E-state index is 0.131. The van der Waals surface area contributed by atoms with Crippen molar-refractivity contribution in [1.29, 1.82) is 0 Å². The molecule has 0 saturated heterocycles. The van der Waals surface area contributed by atoms with Gasteiger partial charge in [-0.1, -0.05) is 25.7 Å². The van der Waals surface area contributed by atoms with Crippen LogP contribution < -0.4 is 11.3 Å². The van der Waals surface area contributed by atoms with Crippen LogP contribution in [0.2, 0.25) is 0 Å². The highest BCUT2D eigenvalue weighted by Crippen LogP contribution is 2.35. The summed E-state index contributed by atoms with van der Waals surface area (Å²) in [5, 5.41) is 1.16. The molecule has 1 unspecified atom stereocenters. The van der Waals surface area contributed by atoms with Crippen molar-refractivity contribution in [2.24, 2.45) is 5.84 Å². The van der Waals surface area contributed by atoms with Crippen molar-refractivity contribution in [3.63, 3.8) is 0 Å². The minimum atomic E-state index is -0.131. The predicted molar refractivity (Wildman–Crippen MR) is 88.5 cm³/mol. The number of hydrogen-bond acceptors (Lipinski definition) is 5. The summed E-state index contributed by atoms with van der Waals surface area (Å²) >= 11 is 1.78. The molecule has 1 aliphatic rings. The standard InChI is InChI=1S/C16H29N3OS/c1-4-20-16(9-7-5-6-8-10-16)14(19-17)11-15-18-12(2)13(3)21-15/h14,19H,4-11,17H2,1-3H3. The van der Waals surface area contributed by atoms with Crippen LogP contribution >= 0.6 is 11.3 Å². The van der Waals surface area contributed by atoms with Gasteiger partial charge < -0.3 is 4.74 Å². The number of thiazole rings is 1. The van der Waals surface area contributed by atoms with Crippen molar-refractivity contribution < 1.29 is 4.74 Å². The molecule has 120 valence electrons. The number of hydrazine groups is 1. The van der Waals surface area contributed by atoms with E-state index >= 15 is 0 Å². The van der Waals surface area contributed by atoms with Gasteiger partial charge >= 0.3 is 0 Å². The van der Waals surface area contributed by atoms with E-state index in [-0.39, 0.29) is 11.6 Å². The van der Waals surface area contributed by atoms with E-state index in [1.807, 2.05) is 0 Å². The Hall–Kier alpha value is -0.490. The topological polar surface area (TPSA) is 60.2 Å².